The number of aliphatic carboxylic acids is 2. The van der Waals surface area contributed by atoms with Crippen LogP contribution in [-0.2, 0) is 14.3 Å². The van der Waals surface area contributed by atoms with Crippen molar-refractivity contribution in [3.8, 4) is 0 Å². The highest BCUT2D eigenvalue weighted by Crippen LogP contribution is 2.48. The lowest BCUT2D eigenvalue weighted by molar-refractivity contribution is -0.140. The number of rotatable bonds is 7. The molecule has 134 valence electrons. The summed E-state index contributed by atoms with van der Waals surface area (Å²) in [6, 6.07) is 4.90. The van der Waals surface area contributed by atoms with Crippen LogP contribution in [0.4, 0.5) is 10.5 Å². The zero-order chi connectivity index (χ0) is 18.7. The third-order valence-corrected chi connectivity index (χ3v) is 4.14. The number of carboxylic acid groups (broad SMARTS) is 2. The fourth-order valence-electron chi connectivity index (χ4n) is 2.76. The van der Waals surface area contributed by atoms with Crippen LogP contribution in [0.3, 0.4) is 0 Å². The van der Waals surface area contributed by atoms with E-state index in [9.17, 15) is 19.2 Å². The lowest BCUT2D eigenvalue weighted by Crippen LogP contribution is -2.34. The van der Waals surface area contributed by atoms with Crippen LogP contribution in [0.2, 0.25) is 0 Å². The summed E-state index contributed by atoms with van der Waals surface area (Å²) in [6.45, 7) is 1.13. The quantitative estimate of drug-likeness (QED) is 0.526. The van der Waals surface area contributed by atoms with Gasteiger partial charge in [0.25, 0.3) is 0 Å². The molecule has 0 spiro atoms. The number of carbonyl (C=O) groups is 4. The Morgan fingerprint density at radius 2 is 1.96 bits per heavy atom. The molecule has 1 amide bonds. The molecule has 25 heavy (non-hydrogen) atoms. The Morgan fingerprint density at radius 1 is 1.28 bits per heavy atom. The van der Waals surface area contributed by atoms with Crippen LogP contribution in [0.1, 0.15) is 17.3 Å². The summed E-state index contributed by atoms with van der Waals surface area (Å²) in [5.74, 6) is -5.04. The van der Waals surface area contributed by atoms with Gasteiger partial charge in [0.1, 0.15) is 6.04 Å². The van der Waals surface area contributed by atoms with Crippen molar-refractivity contribution in [2.24, 2.45) is 23.5 Å². The molecule has 1 saturated carbocycles. The zero-order valence-electron chi connectivity index (χ0n) is 13.3. The van der Waals surface area contributed by atoms with Crippen molar-refractivity contribution >= 4 is 29.5 Å². The lowest BCUT2D eigenvalue weighted by atomic mass is 10.1. The van der Waals surface area contributed by atoms with Gasteiger partial charge in [0.2, 0.25) is 0 Å². The van der Waals surface area contributed by atoms with Gasteiger partial charge in [-0.25, -0.2) is 4.79 Å². The number of carboxylic acids is 2. The van der Waals surface area contributed by atoms with Crippen LogP contribution in [-0.4, -0.2) is 46.7 Å². The van der Waals surface area contributed by atoms with E-state index < -0.39 is 41.8 Å². The maximum Gasteiger partial charge on any atom is 0.411 e. The first-order valence-corrected chi connectivity index (χ1v) is 7.48. The first-order chi connectivity index (χ1) is 11.7. The van der Waals surface area contributed by atoms with Crippen molar-refractivity contribution in [1.29, 1.82) is 0 Å². The molecule has 0 aromatic heterocycles. The Morgan fingerprint density at radius 3 is 2.52 bits per heavy atom. The van der Waals surface area contributed by atoms with E-state index in [4.69, 9.17) is 20.7 Å². The van der Waals surface area contributed by atoms with Crippen LogP contribution in [0.5, 0.6) is 0 Å². The van der Waals surface area contributed by atoms with Gasteiger partial charge in [0.05, 0.1) is 12.5 Å². The van der Waals surface area contributed by atoms with Crippen molar-refractivity contribution in [1.82, 2.24) is 0 Å². The smallest absolute Gasteiger partial charge is 0.411 e. The fraction of sp³-hybridized carbons (Fsp3) is 0.375. The SMILES string of the molecule is CC(=O)c1cccc(NC(=O)OC[C@@H]2[C@@H](C(=O)O)[C@@H]2[C@@H](N)C(=O)O)c1. The molecule has 1 fully saturated rings. The van der Waals surface area contributed by atoms with Gasteiger partial charge in [0.15, 0.2) is 5.78 Å². The van der Waals surface area contributed by atoms with Crippen molar-refractivity contribution in [2.45, 2.75) is 13.0 Å². The topological polar surface area (TPSA) is 156 Å². The molecule has 0 unspecified atom stereocenters. The first kappa shape index (κ1) is 18.4. The number of carbonyl (C=O) groups excluding carboxylic acids is 2. The molecule has 1 aromatic carbocycles. The molecular formula is C16H18N2O7. The van der Waals surface area contributed by atoms with Gasteiger partial charge in [-0.3, -0.25) is 19.7 Å². The number of Topliss-reactive ketones (excluding diaryl/α,β-unsaturated/α-hetero) is 1. The monoisotopic (exact) mass is 350 g/mol. The van der Waals surface area contributed by atoms with Crippen molar-refractivity contribution in [2.75, 3.05) is 11.9 Å². The molecule has 2 rings (SSSR count). The maximum atomic E-state index is 11.8. The molecule has 0 saturated heterocycles. The maximum absolute atomic E-state index is 11.8. The summed E-state index contributed by atoms with van der Waals surface area (Å²) < 4.78 is 4.96. The summed E-state index contributed by atoms with van der Waals surface area (Å²) in [4.78, 5) is 45.1. The summed E-state index contributed by atoms with van der Waals surface area (Å²) in [6.07, 6.45) is -0.834. The third kappa shape index (κ3) is 4.32. The summed E-state index contributed by atoms with van der Waals surface area (Å²) in [7, 11) is 0. The second kappa shape index (κ2) is 7.31. The van der Waals surface area contributed by atoms with Crippen LogP contribution in [0.25, 0.3) is 0 Å². The van der Waals surface area contributed by atoms with Crippen LogP contribution in [0, 0.1) is 17.8 Å². The molecule has 1 aromatic rings. The Bertz CT molecular complexity index is 718. The molecule has 0 bridgehead atoms. The molecule has 5 N–H and O–H groups in total. The molecule has 9 nitrogen and oxygen atoms in total. The molecule has 1 aliphatic carbocycles. The Balaban J connectivity index is 1.91. The molecule has 9 heteroatoms. The second-order valence-corrected chi connectivity index (χ2v) is 5.83. The van der Waals surface area contributed by atoms with E-state index in [-0.39, 0.29) is 12.4 Å². The highest BCUT2D eigenvalue weighted by Gasteiger charge is 2.60. The van der Waals surface area contributed by atoms with E-state index in [1.807, 2.05) is 0 Å². The van der Waals surface area contributed by atoms with Crippen LogP contribution in [0.15, 0.2) is 24.3 Å². The van der Waals surface area contributed by atoms with E-state index in [1.165, 1.54) is 13.0 Å². The highest BCUT2D eigenvalue weighted by atomic mass is 16.5. The highest BCUT2D eigenvalue weighted by molar-refractivity contribution is 5.96. The minimum absolute atomic E-state index is 0.162. The summed E-state index contributed by atoms with van der Waals surface area (Å²) >= 11 is 0. The normalized spacial score (nSPS) is 22.6. The van der Waals surface area contributed by atoms with E-state index in [2.05, 4.69) is 5.32 Å². The predicted octanol–water partition coefficient (Wildman–Crippen LogP) is 0.796. The van der Waals surface area contributed by atoms with Gasteiger partial charge in [-0.2, -0.15) is 0 Å². The van der Waals surface area contributed by atoms with Crippen molar-refractivity contribution in [3.05, 3.63) is 29.8 Å². The van der Waals surface area contributed by atoms with Crippen molar-refractivity contribution < 1.29 is 34.1 Å². The van der Waals surface area contributed by atoms with E-state index >= 15 is 0 Å². The standard InChI is InChI=1S/C16H18N2O7/c1-7(19)8-3-2-4-9(5-8)18-16(24)25-6-10-11(12(10)14(20)21)13(17)15(22)23/h2-5,10-13H,6,17H2,1H3,(H,18,24)(H,20,21)(H,22,23)/t10-,11+,12+,13+/m0/s1. The van der Waals surface area contributed by atoms with Gasteiger partial charge in [-0.1, -0.05) is 12.1 Å². The number of benzene rings is 1. The number of hydrogen-bond acceptors (Lipinski definition) is 6. The largest absolute Gasteiger partial charge is 0.481 e. The number of nitrogens with one attached hydrogen (secondary N) is 1. The summed E-state index contributed by atoms with van der Waals surface area (Å²) in [5.41, 5.74) is 6.23. The molecule has 4 atom stereocenters. The van der Waals surface area contributed by atoms with Crippen molar-refractivity contribution in [3.63, 3.8) is 0 Å². The van der Waals surface area contributed by atoms with Gasteiger partial charge >= 0.3 is 18.0 Å². The van der Waals surface area contributed by atoms with Crippen LogP contribution >= 0.6 is 0 Å². The number of hydrogen-bond donors (Lipinski definition) is 4. The lowest BCUT2D eigenvalue weighted by Gasteiger charge is -2.08. The number of amides is 1. The first-order valence-electron chi connectivity index (χ1n) is 7.48. The van der Waals surface area contributed by atoms with Gasteiger partial charge in [0, 0.05) is 23.1 Å². The van der Waals surface area contributed by atoms with E-state index in [1.54, 1.807) is 18.2 Å². The molecule has 0 radical (unpaired) electrons. The van der Waals surface area contributed by atoms with Crippen LogP contribution < -0.4 is 11.1 Å². The Hall–Kier alpha value is -2.94. The number of ketones is 1. The molecular weight excluding hydrogens is 332 g/mol. The predicted molar refractivity (Wildman–Crippen MR) is 85.1 cm³/mol. The minimum Gasteiger partial charge on any atom is -0.481 e. The minimum atomic E-state index is -1.33. The molecule has 0 heterocycles. The second-order valence-electron chi connectivity index (χ2n) is 5.83. The average molecular weight is 350 g/mol. The number of ether oxygens (including phenoxy) is 1. The summed E-state index contributed by atoms with van der Waals surface area (Å²) in [5, 5.41) is 20.4. The Kier molecular flexibility index (Phi) is 5.38. The van der Waals surface area contributed by atoms with Gasteiger partial charge < -0.3 is 20.7 Å². The molecule has 1 aliphatic rings. The molecule has 0 aliphatic heterocycles. The van der Waals surface area contributed by atoms with Gasteiger partial charge in [-0.15, -0.1) is 0 Å². The Labute approximate surface area is 142 Å². The van der Waals surface area contributed by atoms with E-state index in [0.29, 0.717) is 11.3 Å². The number of anilines is 1. The average Bonchev–Trinajstić information content (AvgIpc) is 3.26. The van der Waals surface area contributed by atoms with E-state index in [0.717, 1.165) is 0 Å². The fourth-order valence-corrected chi connectivity index (χ4v) is 2.76. The number of nitrogens with two attached hydrogens (primary N) is 1. The zero-order valence-corrected chi connectivity index (χ0v) is 13.3. The van der Waals surface area contributed by atoms with Gasteiger partial charge in [-0.05, 0) is 19.1 Å². The third-order valence-electron chi connectivity index (χ3n) is 4.14.